The fraction of sp³-hybridized carbons (Fsp3) is 0.300. The Balaban J connectivity index is 2.97. The summed E-state index contributed by atoms with van der Waals surface area (Å²) in [7, 11) is 0. The van der Waals surface area contributed by atoms with Crippen LogP contribution in [0.2, 0.25) is 0 Å². The number of carbonyl (C=O) groups is 1. The van der Waals surface area contributed by atoms with Crippen LogP contribution in [0.3, 0.4) is 0 Å². The summed E-state index contributed by atoms with van der Waals surface area (Å²) >= 11 is 0. The Morgan fingerprint density at radius 1 is 1.47 bits per heavy atom. The molecular weight excluding hydrogens is 198 g/mol. The second-order valence-electron chi connectivity index (χ2n) is 2.97. The minimum Gasteiger partial charge on any atom is -0.463 e. The summed E-state index contributed by atoms with van der Waals surface area (Å²) in [6.07, 6.45) is 0.666. The Kier molecular flexibility index (Phi) is 3.79. The number of nitrogens with zero attached hydrogens (tertiary/aromatic N) is 1. The second kappa shape index (κ2) is 5.09. The Morgan fingerprint density at radius 2 is 2.20 bits per heavy atom. The number of hydrogen-bond donors (Lipinski definition) is 0. The molecule has 0 atom stereocenters. The van der Waals surface area contributed by atoms with E-state index in [0.29, 0.717) is 12.9 Å². The number of nitro benzene ring substituents is 1. The van der Waals surface area contributed by atoms with Gasteiger partial charge in [-0.2, -0.15) is 0 Å². The van der Waals surface area contributed by atoms with Crippen LogP contribution in [0.1, 0.15) is 18.1 Å². The lowest BCUT2D eigenvalue weighted by Crippen LogP contribution is -1.98. The zero-order chi connectivity index (χ0) is 11.3. The normalized spacial score (nSPS) is 9.67. The van der Waals surface area contributed by atoms with Crippen LogP contribution in [0.5, 0.6) is 0 Å². The van der Waals surface area contributed by atoms with Gasteiger partial charge in [-0.25, -0.2) is 0 Å². The van der Waals surface area contributed by atoms with Crippen LogP contribution in [0.4, 0.5) is 5.69 Å². The summed E-state index contributed by atoms with van der Waals surface area (Å²) in [4.78, 5) is 20.1. The maximum absolute atomic E-state index is 10.5. The molecule has 1 rings (SSSR count). The van der Waals surface area contributed by atoms with Gasteiger partial charge < -0.3 is 4.74 Å². The molecule has 0 saturated carbocycles. The third-order valence-corrected chi connectivity index (χ3v) is 2.09. The van der Waals surface area contributed by atoms with Crippen LogP contribution < -0.4 is 0 Å². The van der Waals surface area contributed by atoms with Crippen molar-refractivity contribution in [1.29, 1.82) is 0 Å². The number of non-ortho nitro benzene ring substituents is 1. The van der Waals surface area contributed by atoms with Gasteiger partial charge in [0.25, 0.3) is 12.2 Å². The maximum atomic E-state index is 10.5. The van der Waals surface area contributed by atoms with Gasteiger partial charge in [0.15, 0.2) is 0 Å². The highest BCUT2D eigenvalue weighted by Crippen LogP contribution is 2.18. The molecule has 1 aromatic rings. The fourth-order valence-corrected chi connectivity index (χ4v) is 1.32. The van der Waals surface area contributed by atoms with E-state index in [0.717, 1.165) is 11.1 Å². The monoisotopic (exact) mass is 209 g/mol. The number of nitro groups is 1. The van der Waals surface area contributed by atoms with Crippen molar-refractivity contribution in [3.05, 3.63) is 39.4 Å². The van der Waals surface area contributed by atoms with Crippen molar-refractivity contribution in [3.8, 4) is 0 Å². The largest absolute Gasteiger partial charge is 0.463 e. The topological polar surface area (TPSA) is 69.4 Å². The second-order valence-corrected chi connectivity index (χ2v) is 2.97. The number of rotatable bonds is 5. The summed E-state index contributed by atoms with van der Waals surface area (Å²) in [6, 6.07) is 4.52. The number of carbonyl (C=O) groups excluding carboxylic acids is 1. The average Bonchev–Trinajstić information content (AvgIpc) is 2.25. The van der Waals surface area contributed by atoms with E-state index in [2.05, 4.69) is 4.74 Å². The first kappa shape index (κ1) is 11.2. The van der Waals surface area contributed by atoms with Crippen LogP contribution >= 0.6 is 0 Å². The smallest absolute Gasteiger partial charge is 0.293 e. The van der Waals surface area contributed by atoms with Crippen molar-refractivity contribution in [3.63, 3.8) is 0 Å². The zero-order valence-corrected chi connectivity index (χ0v) is 8.30. The fourth-order valence-electron chi connectivity index (χ4n) is 1.32. The van der Waals surface area contributed by atoms with E-state index in [-0.39, 0.29) is 12.3 Å². The molecule has 0 bridgehead atoms. The number of benzene rings is 1. The van der Waals surface area contributed by atoms with E-state index in [1.807, 2.05) is 6.92 Å². The van der Waals surface area contributed by atoms with Crippen LogP contribution in [-0.4, -0.2) is 11.4 Å². The van der Waals surface area contributed by atoms with Gasteiger partial charge in [-0.3, -0.25) is 14.9 Å². The van der Waals surface area contributed by atoms with Crippen molar-refractivity contribution in [2.45, 2.75) is 20.0 Å². The van der Waals surface area contributed by atoms with Crippen molar-refractivity contribution in [2.75, 3.05) is 0 Å². The number of aryl methyl sites for hydroxylation is 1. The van der Waals surface area contributed by atoms with Crippen LogP contribution in [0, 0.1) is 10.1 Å². The molecule has 0 heterocycles. The molecule has 5 nitrogen and oxygen atoms in total. The Hall–Kier alpha value is -1.91. The lowest BCUT2D eigenvalue weighted by Gasteiger charge is -2.05. The van der Waals surface area contributed by atoms with Gasteiger partial charge in [0.1, 0.15) is 6.61 Å². The molecule has 15 heavy (non-hydrogen) atoms. The van der Waals surface area contributed by atoms with Gasteiger partial charge in [-0.1, -0.05) is 6.92 Å². The molecular formula is C10H11NO4. The molecule has 0 saturated heterocycles. The predicted molar refractivity (Wildman–Crippen MR) is 53.3 cm³/mol. The average molecular weight is 209 g/mol. The van der Waals surface area contributed by atoms with Gasteiger partial charge >= 0.3 is 0 Å². The molecule has 0 aliphatic carbocycles. The Bertz CT molecular complexity index is 376. The van der Waals surface area contributed by atoms with Crippen molar-refractivity contribution < 1.29 is 14.5 Å². The van der Waals surface area contributed by atoms with E-state index in [4.69, 9.17) is 0 Å². The molecule has 0 amide bonds. The maximum Gasteiger partial charge on any atom is 0.293 e. The minimum absolute atomic E-state index is 0.0571. The summed E-state index contributed by atoms with van der Waals surface area (Å²) in [5.74, 6) is 0. The van der Waals surface area contributed by atoms with Crippen molar-refractivity contribution in [2.24, 2.45) is 0 Å². The van der Waals surface area contributed by atoms with Crippen LogP contribution in [0.15, 0.2) is 18.2 Å². The lowest BCUT2D eigenvalue weighted by molar-refractivity contribution is -0.384. The predicted octanol–water partition coefficient (Wildman–Crippen LogP) is 1.83. The van der Waals surface area contributed by atoms with Gasteiger partial charge in [0.05, 0.1) is 4.92 Å². The number of hydrogen-bond acceptors (Lipinski definition) is 4. The summed E-state index contributed by atoms with van der Waals surface area (Å²) in [5.41, 5.74) is 1.68. The van der Waals surface area contributed by atoms with E-state index >= 15 is 0 Å². The van der Waals surface area contributed by atoms with E-state index in [1.165, 1.54) is 12.1 Å². The lowest BCUT2D eigenvalue weighted by atomic mass is 10.1. The molecule has 1 aromatic carbocycles. The van der Waals surface area contributed by atoms with E-state index in [9.17, 15) is 14.9 Å². The van der Waals surface area contributed by atoms with E-state index < -0.39 is 4.92 Å². The highest BCUT2D eigenvalue weighted by molar-refractivity contribution is 5.41. The minimum atomic E-state index is -0.441. The highest BCUT2D eigenvalue weighted by Gasteiger charge is 2.09. The quantitative estimate of drug-likeness (QED) is 0.421. The summed E-state index contributed by atoms with van der Waals surface area (Å²) in [6.45, 7) is 2.41. The Morgan fingerprint density at radius 3 is 2.73 bits per heavy atom. The third kappa shape index (κ3) is 2.77. The summed E-state index contributed by atoms with van der Waals surface area (Å²) < 4.78 is 4.61. The SMILES string of the molecule is CCc1cc([N+](=O)[O-])ccc1COC=O. The first-order chi connectivity index (χ1) is 7.19. The Labute approximate surface area is 86.8 Å². The molecule has 0 aromatic heterocycles. The molecule has 0 fully saturated rings. The zero-order valence-electron chi connectivity index (χ0n) is 8.30. The first-order valence-electron chi connectivity index (χ1n) is 4.50. The molecule has 5 heteroatoms. The van der Waals surface area contributed by atoms with Crippen LogP contribution in [-0.2, 0) is 22.6 Å². The molecule has 0 aliphatic heterocycles. The van der Waals surface area contributed by atoms with Gasteiger partial charge in [-0.15, -0.1) is 0 Å². The third-order valence-electron chi connectivity index (χ3n) is 2.09. The molecule has 0 N–H and O–H groups in total. The molecule has 0 unspecified atom stereocenters. The van der Waals surface area contributed by atoms with E-state index in [1.54, 1.807) is 6.07 Å². The van der Waals surface area contributed by atoms with Gasteiger partial charge in [0, 0.05) is 12.1 Å². The molecule has 80 valence electrons. The number of ether oxygens (including phenoxy) is 1. The molecule has 0 spiro atoms. The molecule has 0 radical (unpaired) electrons. The summed E-state index contributed by atoms with van der Waals surface area (Å²) in [5, 5.41) is 10.5. The van der Waals surface area contributed by atoms with Crippen molar-refractivity contribution >= 4 is 12.2 Å². The standard InChI is InChI=1S/C10H11NO4/c1-2-8-5-10(11(13)14)4-3-9(8)6-15-7-12/h3-5,7H,2,6H2,1H3. The highest BCUT2D eigenvalue weighted by atomic mass is 16.6. The van der Waals surface area contributed by atoms with Gasteiger partial charge in [0.2, 0.25) is 0 Å². The first-order valence-corrected chi connectivity index (χ1v) is 4.50. The van der Waals surface area contributed by atoms with Crippen molar-refractivity contribution in [1.82, 2.24) is 0 Å². The van der Waals surface area contributed by atoms with Gasteiger partial charge in [-0.05, 0) is 23.6 Å². The molecule has 0 aliphatic rings. The van der Waals surface area contributed by atoms with Crippen LogP contribution in [0.25, 0.3) is 0 Å².